The number of rotatable bonds is 6. The van der Waals surface area contributed by atoms with Gasteiger partial charge in [-0.05, 0) is 29.7 Å². The third-order valence-corrected chi connectivity index (χ3v) is 3.73. The summed E-state index contributed by atoms with van der Waals surface area (Å²) in [6, 6.07) is 6.30. The van der Waals surface area contributed by atoms with Gasteiger partial charge < -0.3 is 10.5 Å². The Hall–Kier alpha value is -1.11. The Morgan fingerprint density at radius 1 is 1.21 bits per heavy atom. The van der Waals surface area contributed by atoms with Crippen molar-refractivity contribution in [2.45, 2.75) is 25.7 Å². The van der Waals surface area contributed by atoms with E-state index in [4.69, 9.17) is 10.5 Å². The highest BCUT2D eigenvalue weighted by Crippen LogP contribution is 2.17. The van der Waals surface area contributed by atoms with Gasteiger partial charge in [0.15, 0.2) is 0 Å². The van der Waals surface area contributed by atoms with Gasteiger partial charge >= 0.3 is 0 Å². The first kappa shape index (κ1) is 15.9. The predicted molar refractivity (Wildman–Crippen MR) is 75.6 cm³/mol. The summed E-state index contributed by atoms with van der Waals surface area (Å²) >= 11 is 0. The van der Waals surface area contributed by atoms with Crippen molar-refractivity contribution in [2.24, 2.45) is 11.1 Å². The molecule has 0 saturated heterocycles. The highest BCUT2D eigenvalue weighted by atomic mass is 32.2. The fourth-order valence-electron chi connectivity index (χ4n) is 1.29. The lowest BCUT2D eigenvalue weighted by Crippen LogP contribution is -2.32. The third kappa shape index (κ3) is 5.59. The average molecular weight is 286 g/mol. The largest absolute Gasteiger partial charge is 0.492 e. The molecule has 6 heteroatoms. The van der Waals surface area contributed by atoms with Gasteiger partial charge in [0.2, 0.25) is 10.0 Å². The van der Waals surface area contributed by atoms with Crippen molar-refractivity contribution in [1.29, 1.82) is 0 Å². The molecule has 0 atom stereocenters. The van der Waals surface area contributed by atoms with Crippen LogP contribution in [0.5, 0.6) is 5.75 Å². The van der Waals surface area contributed by atoms with Gasteiger partial charge in [-0.15, -0.1) is 0 Å². The van der Waals surface area contributed by atoms with Crippen LogP contribution in [0.4, 0.5) is 0 Å². The summed E-state index contributed by atoms with van der Waals surface area (Å²) in [4.78, 5) is 0.233. The second kappa shape index (κ2) is 6.36. The van der Waals surface area contributed by atoms with Crippen molar-refractivity contribution >= 4 is 10.0 Å². The van der Waals surface area contributed by atoms with Crippen LogP contribution in [0.2, 0.25) is 0 Å². The molecule has 0 aliphatic carbocycles. The summed E-state index contributed by atoms with van der Waals surface area (Å²) in [5.41, 5.74) is 5.22. The van der Waals surface area contributed by atoms with Crippen LogP contribution >= 0.6 is 0 Å². The molecule has 0 amide bonds. The molecule has 0 aliphatic rings. The number of nitrogens with one attached hydrogen (secondary N) is 1. The predicted octanol–water partition coefficient (Wildman–Crippen LogP) is 1.35. The summed E-state index contributed by atoms with van der Waals surface area (Å²) in [7, 11) is -3.46. The molecule has 108 valence electrons. The summed E-state index contributed by atoms with van der Waals surface area (Å²) in [5, 5.41) is 0. The van der Waals surface area contributed by atoms with Gasteiger partial charge in [0.05, 0.1) is 4.90 Å². The first-order valence-corrected chi connectivity index (χ1v) is 7.65. The van der Waals surface area contributed by atoms with E-state index in [1.807, 2.05) is 20.8 Å². The van der Waals surface area contributed by atoms with E-state index in [-0.39, 0.29) is 10.3 Å². The molecule has 19 heavy (non-hydrogen) atoms. The lowest BCUT2D eigenvalue weighted by molar-refractivity contribution is 0.328. The van der Waals surface area contributed by atoms with Gasteiger partial charge in [-0.2, -0.15) is 0 Å². The molecule has 0 spiro atoms. The zero-order valence-electron chi connectivity index (χ0n) is 11.6. The topological polar surface area (TPSA) is 81.4 Å². The number of ether oxygens (including phenoxy) is 1. The Kier molecular flexibility index (Phi) is 5.34. The van der Waals surface area contributed by atoms with Crippen molar-refractivity contribution in [3.05, 3.63) is 24.3 Å². The summed E-state index contributed by atoms with van der Waals surface area (Å²) in [6.45, 7) is 7.14. The van der Waals surface area contributed by atoms with Gasteiger partial charge in [-0.1, -0.05) is 20.8 Å². The second-order valence-corrected chi connectivity index (χ2v) is 7.26. The molecule has 0 aromatic heterocycles. The minimum atomic E-state index is -3.46. The third-order valence-electron chi connectivity index (χ3n) is 2.31. The van der Waals surface area contributed by atoms with E-state index < -0.39 is 10.0 Å². The smallest absolute Gasteiger partial charge is 0.240 e. The van der Waals surface area contributed by atoms with E-state index in [0.717, 1.165) is 0 Å². The van der Waals surface area contributed by atoms with Gasteiger partial charge in [-0.3, -0.25) is 0 Å². The van der Waals surface area contributed by atoms with Crippen LogP contribution in [0, 0.1) is 5.41 Å². The molecule has 0 saturated carbocycles. The minimum Gasteiger partial charge on any atom is -0.492 e. The highest BCUT2D eigenvalue weighted by molar-refractivity contribution is 7.89. The van der Waals surface area contributed by atoms with Crippen molar-refractivity contribution in [3.8, 4) is 5.75 Å². The monoisotopic (exact) mass is 286 g/mol. The van der Waals surface area contributed by atoms with Crippen LogP contribution in [0.25, 0.3) is 0 Å². The Morgan fingerprint density at radius 3 is 2.26 bits per heavy atom. The van der Waals surface area contributed by atoms with E-state index in [1.54, 1.807) is 12.1 Å². The lowest BCUT2D eigenvalue weighted by Gasteiger charge is -2.18. The zero-order valence-corrected chi connectivity index (χ0v) is 12.5. The zero-order chi connectivity index (χ0) is 14.5. The van der Waals surface area contributed by atoms with Crippen LogP contribution < -0.4 is 15.2 Å². The minimum absolute atomic E-state index is 0.1000. The SMILES string of the molecule is CC(C)(C)CNS(=O)(=O)c1ccc(OCCN)cc1. The second-order valence-electron chi connectivity index (χ2n) is 5.49. The van der Waals surface area contributed by atoms with Gasteiger partial charge in [0, 0.05) is 13.1 Å². The molecule has 1 rings (SSSR count). The molecular weight excluding hydrogens is 264 g/mol. The van der Waals surface area contributed by atoms with Crippen LogP contribution in [-0.2, 0) is 10.0 Å². The molecular formula is C13H22N2O3S. The molecule has 1 aromatic rings. The van der Waals surface area contributed by atoms with Crippen LogP contribution in [0.1, 0.15) is 20.8 Å². The van der Waals surface area contributed by atoms with E-state index in [1.165, 1.54) is 12.1 Å². The van der Waals surface area contributed by atoms with Crippen LogP contribution in [0.15, 0.2) is 29.2 Å². The van der Waals surface area contributed by atoms with Crippen molar-refractivity contribution in [2.75, 3.05) is 19.7 Å². The first-order valence-electron chi connectivity index (χ1n) is 6.17. The molecule has 3 N–H and O–H groups in total. The summed E-state index contributed by atoms with van der Waals surface area (Å²) < 4.78 is 32.0. The molecule has 0 heterocycles. The Labute approximate surface area is 115 Å². The Balaban J connectivity index is 2.73. The quantitative estimate of drug-likeness (QED) is 0.827. The number of nitrogens with two attached hydrogens (primary N) is 1. The van der Waals surface area contributed by atoms with E-state index in [2.05, 4.69) is 4.72 Å². The maximum absolute atomic E-state index is 12.0. The van der Waals surface area contributed by atoms with Crippen LogP contribution in [0.3, 0.4) is 0 Å². The van der Waals surface area contributed by atoms with Crippen molar-refractivity contribution in [1.82, 2.24) is 4.72 Å². The Bertz CT molecular complexity index is 490. The van der Waals surface area contributed by atoms with Gasteiger partial charge in [0.25, 0.3) is 0 Å². The van der Waals surface area contributed by atoms with E-state index in [9.17, 15) is 8.42 Å². The van der Waals surface area contributed by atoms with Crippen LogP contribution in [-0.4, -0.2) is 28.1 Å². The molecule has 5 nitrogen and oxygen atoms in total. The molecule has 0 radical (unpaired) electrons. The molecule has 0 bridgehead atoms. The lowest BCUT2D eigenvalue weighted by atomic mass is 9.98. The Morgan fingerprint density at radius 2 is 1.79 bits per heavy atom. The van der Waals surface area contributed by atoms with E-state index >= 15 is 0 Å². The van der Waals surface area contributed by atoms with Crippen molar-refractivity contribution < 1.29 is 13.2 Å². The molecule has 1 aromatic carbocycles. The van der Waals surface area contributed by atoms with Gasteiger partial charge in [0.1, 0.15) is 12.4 Å². The maximum Gasteiger partial charge on any atom is 0.240 e. The molecule has 0 fully saturated rings. The van der Waals surface area contributed by atoms with Crippen molar-refractivity contribution in [3.63, 3.8) is 0 Å². The number of sulfonamides is 1. The first-order chi connectivity index (χ1) is 8.74. The number of hydrogen-bond donors (Lipinski definition) is 2. The fraction of sp³-hybridized carbons (Fsp3) is 0.538. The average Bonchev–Trinajstić information content (AvgIpc) is 2.34. The maximum atomic E-state index is 12.0. The molecule has 0 unspecified atom stereocenters. The van der Waals surface area contributed by atoms with Gasteiger partial charge in [-0.25, -0.2) is 13.1 Å². The standard InChI is InChI=1S/C13H22N2O3S/c1-13(2,3)10-15-19(16,17)12-6-4-11(5-7-12)18-9-8-14/h4-7,15H,8-10,14H2,1-3H3. The van der Waals surface area contributed by atoms with E-state index in [0.29, 0.717) is 25.4 Å². The highest BCUT2D eigenvalue weighted by Gasteiger charge is 2.18. The number of hydrogen-bond acceptors (Lipinski definition) is 4. The fourth-order valence-corrected chi connectivity index (χ4v) is 2.57. The molecule has 0 aliphatic heterocycles. The summed E-state index contributed by atoms with van der Waals surface area (Å²) in [5.74, 6) is 0.611. The number of benzene rings is 1. The summed E-state index contributed by atoms with van der Waals surface area (Å²) in [6.07, 6.45) is 0. The normalized spacial score (nSPS) is 12.4.